The minimum atomic E-state index is 0.788. The van der Waals surface area contributed by atoms with Gasteiger partial charge >= 0.3 is 0 Å². The summed E-state index contributed by atoms with van der Waals surface area (Å²) >= 11 is 0. The Kier molecular flexibility index (Phi) is 6.59. The molecule has 33 heavy (non-hydrogen) atoms. The Morgan fingerprint density at radius 3 is 2.55 bits per heavy atom. The van der Waals surface area contributed by atoms with E-state index in [-0.39, 0.29) is 0 Å². The van der Waals surface area contributed by atoms with Crippen molar-refractivity contribution in [1.82, 2.24) is 9.88 Å². The Bertz CT molecular complexity index is 1250. The zero-order chi connectivity index (χ0) is 22.6. The van der Waals surface area contributed by atoms with Gasteiger partial charge in [-0.15, -0.1) is 0 Å². The van der Waals surface area contributed by atoms with Gasteiger partial charge < -0.3 is 4.74 Å². The Labute approximate surface area is 197 Å². The number of fused-ring (bicyclic) bond motifs is 5. The molecule has 0 spiro atoms. The largest absolute Gasteiger partial charge is 0.494 e. The fraction of sp³-hybridized carbons (Fsp3) is 0.367. The van der Waals surface area contributed by atoms with Crippen LogP contribution >= 0.6 is 0 Å². The van der Waals surface area contributed by atoms with Gasteiger partial charge in [-0.25, -0.2) is 4.98 Å². The summed E-state index contributed by atoms with van der Waals surface area (Å²) in [7, 11) is 0. The van der Waals surface area contributed by atoms with E-state index in [4.69, 9.17) is 9.72 Å². The van der Waals surface area contributed by atoms with Crippen LogP contribution < -0.4 is 4.74 Å². The first kappa shape index (κ1) is 21.9. The summed E-state index contributed by atoms with van der Waals surface area (Å²) in [5.41, 5.74) is 6.30. The number of benzene rings is 3. The number of rotatable bonds is 8. The minimum Gasteiger partial charge on any atom is -0.494 e. The zero-order valence-corrected chi connectivity index (χ0v) is 19.9. The van der Waals surface area contributed by atoms with Crippen molar-refractivity contribution in [3.8, 4) is 17.0 Å². The molecule has 3 aromatic carbocycles. The first-order valence-corrected chi connectivity index (χ1v) is 12.6. The lowest BCUT2D eigenvalue weighted by Gasteiger charge is -2.31. The molecule has 0 atom stereocenters. The number of unbranched alkanes of at least 4 members (excludes halogenated alkanes) is 2. The molecule has 0 N–H and O–H groups in total. The van der Waals surface area contributed by atoms with E-state index >= 15 is 0 Å². The Morgan fingerprint density at radius 2 is 1.73 bits per heavy atom. The summed E-state index contributed by atoms with van der Waals surface area (Å²) in [5, 5.41) is 3.96. The molecule has 0 aliphatic carbocycles. The summed E-state index contributed by atoms with van der Waals surface area (Å²) in [4.78, 5) is 7.83. The lowest BCUT2D eigenvalue weighted by Crippen LogP contribution is -2.32. The van der Waals surface area contributed by atoms with Crippen LogP contribution in [0.5, 0.6) is 5.75 Å². The van der Waals surface area contributed by atoms with Gasteiger partial charge in [-0.1, -0.05) is 57.0 Å². The third-order valence-electron chi connectivity index (χ3n) is 6.84. The number of nitrogens with zero attached hydrogens (tertiary/aromatic N) is 2. The Hall–Kier alpha value is -2.91. The molecular formula is C30H34N2O. The Balaban J connectivity index is 1.58. The maximum absolute atomic E-state index is 5.95. The molecule has 5 rings (SSSR count). The maximum Gasteiger partial charge on any atom is 0.119 e. The van der Waals surface area contributed by atoms with Crippen LogP contribution in [0.2, 0.25) is 0 Å². The highest BCUT2D eigenvalue weighted by Crippen LogP contribution is 2.37. The van der Waals surface area contributed by atoms with Crippen LogP contribution in [0.3, 0.4) is 0 Å². The van der Waals surface area contributed by atoms with Crippen molar-refractivity contribution < 1.29 is 4.74 Å². The number of hydrogen-bond donors (Lipinski definition) is 0. The van der Waals surface area contributed by atoms with Gasteiger partial charge in [-0.05, 0) is 78.0 Å². The number of aromatic nitrogens is 1. The van der Waals surface area contributed by atoms with Crippen LogP contribution in [0.25, 0.3) is 32.9 Å². The third-order valence-corrected chi connectivity index (χ3v) is 6.84. The van der Waals surface area contributed by atoms with Crippen LogP contribution in [0.4, 0.5) is 0 Å². The quantitative estimate of drug-likeness (QED) is 0.212. The molecule has 0 saturated carbocycles. The first-order chi connectivity index (χ1) is 16.3. The molecule has 0 unspecified atom stereocenters. The predicted octanol–water partition coefficient (Wildman–Crippen LogP) is 7.39. The van der Waals surface area contributed by atoms with Crippen LogP contribution in [-0.4, -0.2) is 29.6 Å². The van der Waals surface area contributed by atoms with Gasteiger partial charge in [0, 0.05) is 24.0 Å². The van der Waals surface area contributed by atoms with Crippen molar-refractivity contribution in [3.05, 3.63) is 71.8 Å². The highest BCUT2D eigenvalue weighted by molar-refractivity contribution is 6.09. The van der Waals surface area contributed by atoms with Crippen molar-refractivity contribution in [3.63, 3.8) is 0 Å². The molecule has 0 radical (unpaired) electrons. The highest BCUT2D eigenvalue weighted by atomic mass is 16.5. The summed E-state index contributed by atoms with van der Waals surface area (Å²) in [6.45, 7) is 8.50. The molecule has 1 aromatic heterocycles. The molecule has 2 heterocycles. The highest BCUT2D eigenvalue weighted by Gasteiger charge is 2.24. The average molecular weight is 439 g/mol. The molecule has 1 aliphatic heterocycles. The van der Waals surface area contributed by atoms with E-state index in [9.17, 15) is 0 Å². The molecule has 0 fully saturated rings. The van der Waals surface area contributed by atoms with Crippen molar-refractivity contribution in [2.24, 2.45) is 0 Å². The normalized spacial score (nSPS) is 14.0. The summed E-state index contributed by atoms with van der Waals surface area (Å²) in [6, 6.07) is 21.7. The second kappa shape index (κ2) is 9.93. The summed E-state index contributed by atoms with van der Waals surface area (Å²) in [6.07, 6.45) is 5.80. The van der Waals surface area contributed by atoms with Crippen molar-refractivity contribution in [1.29, 1.82) is 0 Å². The van der Waals surface area contributed by atoms with Crippen molar-refractivity contribution in [2.75, 3.05) is 19.7 Å². The first-order valence-electron chi connectivity index (χ1n) is 12.6. The van der Waals surface area contributed by atoms with Crippen molar-refractivity contribution >= 4 is 21.7 Å². The van der Waals surface area contributed by atoms with Crippen LogP contribution in [0.1, 0.15) is 50.7 Å². The van der Waals surface area contributed by atoms with Crippen LogP contribution in [-0.2, 0) is 13.0 Å². The molecule has 0 saturated heterocycles. The molecule has 0 bridgehead atoms. The lowest BCUT2D eigenvalue weighted by molar-refractivity contribution is 0.255. The van der Waals surface area contributed by atoms with Gasteiger partial charge in [-0.3, -0.25) is 4.90 Å². The van der Waals surface area contributed by atoms with E-state index < -0.39 is 0 Å². The smallest absolute Gasteiger partial charge is 0.119 e. The molecule has 4 aromatic rings. The van der Waals surface area contributed by atoms with Gasteiger partial charge in [0.15, 0.2) is 0 Å². The Morgan fingerprint density at radius 1 is 0.879 bits per heavy atom. The van der Waals surface area contributed by atoms with Crippen molar-refractivity contribution in [2.45, 2.75) is 52.5 Å². The van der Waals surface area contributed by atoms with E-state index in [0.717, 1.165) is 56.0 Å². The fourth-order valence-electron chi connectivity index (χ4n) is 5.17. The predicted molar refractivity (Wildman–Crippen MR) is 139 cm³/mol. The number of ether oxygens (including phenoxy) is 1. The maximum atomic E-state index is 5.95. The fourth-order valence-corrected chi connectivity index (χ4v) is 5.17. The zero-order valence-electron chi connectivity index (χ0n) is 19.9. The van der Waals surface area contributed by atoms with Gasteiger partial charge in [0.25, 0.3) is 0 Å². The van der Waals surface area contributed by atoms with Gasteiger partial charge in [0.1, 0.15) is 5.75 Å². The summed E-state index contributed by atoms with van der Waals surface area (Å²) in [5.74, 6) is 0.947. The second-order valence-electron chi connectivity index (χ2n) is 9.20. The molecule has 3 heteroatoms. The van der Waals surface area contributed by atoms with Gasteiger partial charge in [-0.2, -0.15) is 0 Å². The van der Waals surface area contributed by atoms with E-state index in [1.165, 1.54) is 52.1 Å². The monoisotopic (exact) mass is 438 g/mol. The van der Waals surface area contributed by atoms with E-state index in [1.54, 1.807) is 0 Å². The number of hydrogen-bond acceptors (Lipinski definition) is 3. The number of pyridine rings is 1. The average Bonchev–Trinajstić information content (AvgIpc) is 2.86. The van der Waals surface area contributed by atoms with E-state index in [0.29, 0.717) is 0 Å². The molecule has 1 aliphatic rings. The standard InChI is InChI=1S/C30H34N2O/c1-3-5-8-20-33-24-14-11-23(12-15-24)30-27-21-32(18-4-2)19-17-26(27)29-25-10-7-6-9-22(25)13-16-28(29)31-30/h6-7,9-16H,3-5,8,17-21H2,1-2H3. The van der Waals surface area contributed by atoms with Crippen LogP contribution in [0.15, 0.2) is 60.7 Å². The molecule has 3 nitrogen and oxygen atoms in total. The summed E-state index contributed by atoms with van der Waals surface area (Å²) < 4.78 is 5.95. The van der Waals surface area contributed by atoms with Gasteiger partial charge in [0.05, 0.1) is 17.8 Å². The molecule has 0 amide bonds. The molecular weight excluding hydrogens is 404 g/mol. The van der Waals surface area contributed by atoms with Gasteiger partial charge in [0.2, 0.25) is 0 Å². The van der Waals surface area contributed by atoms with E-state index in [1.807, 2.05) is 0 Å². The third kappa shape index (κ3) is 4.47. The van der Waals surface area contributed by atoms with E-state index in [2.05, 4.69) is 79.4 Å². The molecule has 170 valence electrons. The minimum absolute atomic E-state index is 0.788. The topological polar surface area (TPSA) is 25.4 Å². The lowest BCUT2D eigenvalue weighted by atomic mass is 9.89. The second-order valence-corrected chi connectivity index (χ2v) is 9.20. The van der Waals surface area contributed by atoms with Crippen LogP contribution in [0, 0.1) is 0 Å². The SMILES string of the molecule is CCCCCOc1ccc(-c2nc3ccc4ccccc4c3c3c2CN(CCC)CC3)cc1.